The molecule has 1 aliphatic rings. The first-order valence-corrected chi connectivity index (χ1v) is 7.61. The van der Waals surface area contributed by atoms with Crippen LogP contribution in [0.15, 0.2) is 12.1 Å². The molecular formula is C16H20N2O6. The Labute approximate surface area is 138 Å². The summed E-state index contributed by atoms with van der Waals surface area (Å²) in [6.07, 6.45) is 0.382. The Hall–Kier alpha value is -2.77. The van der Waals surface area contributed by atoms with Crippen molar-refractivity contribution in [2.75, 3.05) is 26.2 Å². The van der Waals surface area contributed by atoms with E-state index in [4.69, 9.17) is 0 Å². The molecule has 3 N–H and O–H groups in total. The van der Waals surface area contributed by atoms with Crippen molar-refractivity contribution >= 4 is 17.6 Å². The van der Waals surface area contributed by atoms with Gasteiger partial charge < -0.3 is 29.9 Å². The average Bonchev–Trinajstić information content (AvgIpc) is 2.56. The number of hydrogen-bond donors (Lipinski definition) is 3. The first kappa shape index (κ1) is 17.6. The molecule has 0 radical (unpaired) electrons. The van der Waals surface area contributed by atoms with E-state index in [9.17, 15) is 29.7 Å². The maximum atomic E-state index is 12.4. The largest absolute Gasteiger partial charge is 0.504 e. The minimum absolute atomic E-state index is 0.0379. The maximum absolute atomic E-state index is 12.4. The zero-order chi connectivity index (χ0) is 17.9. The van der Waals surface area contributed by atoms with Crippen molar-refractivity contribution < 1.29 is 29.7 Å². The van der Waals surface area contributed by atoms with E-state index in [-0.39, 0.29) is 30.1 Å². The molecule has 2 rings (SSSR count). The van der Waals surface area contributed by atoms with Crippen LogP contribution < -0.4 is 0 Å². The molecule has 2 amide bonds. The van der Waals surface area contributed by atoms with Crippen molar-refractivity contribution in [2.45, 2.75) is 19.8 Å². The Kier molecular flexibility index (Phi) is 5.28. The number of Topliss-reactive ketones (excluding diaryl/α,β-unsaturated/α-hetero) is 1. The molecule has 0 atom stereocenters. The zero-order valence-corrected chi connectivity index (χ0v) is 13.4. The number of carbonyl (C=O) groups excluding carboxylic acids is 3. The Bertz CT molecular complexity index is 642. The number of nitrogens with zero attached hydrogens (tertiary/aromatic N) is 2. The van der Waals surface area contributed by atoms with Gasteiger partial charge in [0, 0.05) is 44.6 Å². The number of ketones is 1. The average molecular weight is 336 g/mol. The molecule has 0 saturated carbocycles. The number of piperazine rings is 1. The lowest BCUT2D eigenvalue weighted by atomic mass is 10.1. The predicted molar refractivity (Wildman–Crippen MR) is 83.8 cm³/mol. The molecule has 1 heterocycles. The summed E-state index contributed by atoms with van der Waals surface area (Å²) in [5, 5.41) is 28.3. The minimum Gasteiger partial charge on any atom is -0.504 e. The van der Waals surface area contributed by atoms with Gasteiger partial charge in [-0.25, -0.2) is 0 Å². The second kappa shape index (κ2) is 7.20. The summed E-state index contributed by atoms with van der Waals surface area (Å²) in [7, 11) is 0. The van der Waals surface area contributed by atoms with E-state index < -0.39 is 23.2 Å². The van der Waals surface area contributed by atoms with Crippen LogP contribution in [0.1, 0.15) is 30.1 Å². The van der Waals surface area contributed by atoms with Crippen LogP contribution in [0.2, 0.25) is 0 Å². The molecule has 1 aromatic rings. The van der Waals surface area contributed by atoms with E-state index in [0.717, 1.165) is 12.1 Å². The van der Waals surface area contributed by atoms with Crippen LogP contribution in [-0.4, -0.2) is 68.9 Å². The standard InChI is InChI=1S/C16H20N2O6/c1-10(19)2-3-14(22)17-4-6-18(7-5-17)16(24)11-8-12(20)15(23)13(21)9-11/h8-9,20-21,23H,2-7H2,1H3. The predicted octanol–water partition coefficient (Wildman–Crippen LogP) is 0.457. The fourth-order valence-electron chi connectivity index (χ4n) is 2.51. The molecule has 0 bridgehead atoms. The number of phenols is 3. The number of rotatable bonds is 4. The van der Waals surface area contributed by atoms with Crippen LogP contribution in [0.25, 0.3) is 0 Å². The summed E-state index contributed by atoms with van der Waals surface area (Å²) in [4.78, 5) is 38.4. The monoisotopic (exact) mass is 336 g/mol. The highest BCUT2D eigenvalue weighted by atomic mass is 16.3. The Morgan fingerprint density at radius 3 is 1.92 bits per heavy atom. The van der Waals surface area contributed by atoms with Crippen LogP contribution in [0.3, 0.4) is 0 Å². The molecule has 0 aromatic heterocycles. The van der Waals surface area contributed by atoms with E-state index in [1.165, 1.54) is 11.8 Å². The van der Waals surface area contributed by atoms with E-state index in [1.54, 1.807) is 4.90 Å². The first-order chi connectivity index (χ1) is 11.3. The van der Waals surface area contributed by atoms with Crippen LogP contribution in [0, 0.1) is 0 Å². The third-order valence-corrected chi connectivity index (χ3v) is 3.93. The second-order valence-corrected chi connectivity index (χ2v) is 5.74. The highest BCUT2D eigenvalue weighted by Gasteiger charge is 2.25. The normalized spacial score (nSPS) is 14.5. The minimum atomic E-state index is -0.674. The molecule has 8 heteroatoms. The third kappa shape index (κ3) is 3.95. The Balaban J connectivity index is 1.95. The van der Waals surface area contributed by atoms with Crippen molar-refractivity contribution in [1.29, 1.82) is 0 Å². The van der Waals surface area contributed by atoms with Crippen LogP contribution in [-0.2, 0) is 9.59 Å². The van der Waals surface area contributed by atoms with Gasteiger partial charge in [0.05, 0.1) is 0 Å². The van der Waals surface area contributed by atoms with Gasteiger partial charge in [0.1, 0.15) is 5.78 Å². The summed E-state index contributed by atoms with van der Waals surface area (Å²) in [5.41, 5.74) is 0.0548. The van der Waals surface area contributed by atoms with Gasteiger partial charge in [0.2, 0.25) is 5.91 Å². The highest BCUT2D eigenvalue weighted by Crippen LogP contribution is 2.35. The van der Waals surface area contributed by atoms with Gasteiger partial charge in [-0.1, -0.05) is 0 Å². The first-order valence-electron chi connectivity index (χ1n) is 7.61. The molecule has 1 aromatic carbocycles. The number of aromatic hydroxyl groups is 3. The van der Waals surface area contributed by atoms with Crippen molar-refractivity contribution in [2.24, 2.45) is 0 Å². The number of carbonyl (C=O) groups is 3. The fourth-order valence-corrected chi connectivity index (χ4v) is 2.51. The molecule has 1 aliphatic heterocycles. The van der Waals surface area contributed by atoms with Gasteiger partial charge in [0.15, 0.2) is 17.2 Å². The van der Waals surface area contributed by atoms with Crippen molar-refractivity contribution in [1.82, 2.24) is 9.80 Å². The lowest BCUT2D eigenvalue weighted by Crippen LogP contribution is -2.50. The van der Waals surface area contributed by atoms with E-state index in [2.05, 4.69) is 0 Å². The summed E-state index contributed by atoms with van der Waals surface area (Å²) < 4.78 is 0. The van der Waals surface area contributed by atoms with Crippen molar-refractivity contribution in [3.05, 3.63) is 17.7 Å². The van der Waals surface area contributed by atoms with E-state index in [1.807, 2.05) is 0 Å². The SMILES string of the molecule is CC(=O)CCC(=O)N1CCN(C(=O)c2cc(O)c(O)c(O)c2)CC1. The number of amides is 2. The highest BCUT2D eigenvalue weighted by molar-refractivity contribution is 5.95. The smallest absolute Gasteiger partial charge is 0.254 e. The van der Waals surface area contributed by atoms with Gasteiger partial charge in [-0.15, -0.1) is 0 Å². The Morgan fingerprint density at radius 2 is 1.42 bits per heavy atom. The summed E-state index contributed by atoms with van der Waals surface area (Å²) in [5.74, 6) is -2.38. The van der Waals surface area contributed by atoms with Crippen molar-refractivity contribution in [3.8, 4) is 17.2 Å². The van der Waals surface area contributed by atoms with Gasteiger partial charge in [-0.2, -0.15) is 0 Å². The molecule has 0 unspecified atom stereocenters. The van der Waals surface area contributed by atoms with Gasteiger partial charge in [-0.05, 0) is 19.1 Å². The zero-order valence-electron chi connectivity index (χ0n) is 13.4. The summed E-state index contributed by atoms with van der Waals surface area (Å²) in [6.45, 7) is 2.78. The lowest BCUT2D eigenvalue weighted by molar-refractivity contribution is -0.134. The molecule has 1 saturated heterocycles. The molecule has 24 heavy (non-hydrogen) atoms. The second-order valence-electron chi connectivity index (χ2n) is 5.74. The van der Waals surface area contributed by atoms with E-state index in [0.29, 0.717) is 26.2 Å². The Morgan fingerprint density at radius 1 is 0.917 bits per heavy atom. The topological polar surface area (TPSA) is 118 Å². The molecule has 0 spiro atoms. The maximum Gasteiger partial charge on any atom is 0.254 e. The third-order valence-electron chi connectivity index (χ3n) is 3.93. The van der Waals surface area contributed by atoms with Crippen LogP contribution in [0.4, 0.5) is 0 Å². The van der Waals surface area contributed by atoms with Gasteiger partial charge in [-0.3, -0.25) is 9.59 Å². The molecular weight excluding hydrogens is 316 g/mol. The molecule has 130 valence electrons. The van der Waals surface area contributed by atoms with Crippen molar-refractivity contribution in [3.63, 3.8) is 0 Å². The van der Waals surface area contributed by atoms with Gasteiger partial charge in [0.25, 0.3) is 5.91 Å². The number of benzene rings is 1. The van der Waals surface area contributed by atoms with E-state index >= 15 is 0 Å². The quantitative estimate of drug-likeness (QED) is 0.687. The summed E-state index contributed by atoms with van der Waals surface area (Å²) in [6, 6.07) is 2.17. The lowest BCUT2D eigenvalue weighted by Gasteiger charge is -2.35. The number of phenolic OH excluding ortho intramolecular Hbond substituents is 3. The molecule has 1 fully saturated rings. The number of hydrogen-bond acceptors (Lipinski definition) is 6. The van der Waals surface area contributed by atoms with Crippen LogP contribution >= 0.6 is 0 Å². The van der Waals surface area contributed by atoms with Gasteiger partial charge >= 0.3 is 0 Å². The molecule has 8 nitrogen and oxygen atoms in total. The summed E-state index contributed by atoms with van der Waals surface area (Å²) >= 11 is 0. The van der Waals surface area contributed by atoms with Crippen LogP contribution in [0.5, 0.6) is 17.2 Å². The molecule has 0 aliphatic carbocycles. The fraction of sp³-hybridized carbons (Fsp3) is 0.438.